The maximum absolute atomic E-state index is 13.8. The van der Waals surface area contributed by atoms with Gasteiger partial charge in [-0.3, -0.25) is 0 Å². The molecule has 3 heterocycles. The van der Waals surface area contributed by atoms with E-state index >= 15 is 0 Å². The molecule has 1 aromatic carbocycles. The van der Waals surface area contributed by atoms with Crippen LogP contribution in [0.5, 0.6) is 0 Å². The van der Waals surface area contributed by atoms with Crippen LogP contribution in [-0.2, 0) is 4.74 Å². The molecule has 1 aliphatic heterocycles. The molecule has 0 spiro atoms. The molecule has 28 heavy (non-hydrogen) atoms. The second-order valence-corrected chi connectivity index (χ2v) is 6.73. The minimum Gasteiger partial charge on any atom is -0.368 e. The van der Waals surface area contributed by atoms with Crippen LogP contribution in [0, 0.1) is 5.82 Å². The summed E-state index contributed by atoms with van der Waals surface area (Å²) in [7, 11) is 3.76. The van der Waals surface area contributed by atoms with E-state index in [9.17, 15) is 4.39 Å². The average Bonchev–Trinajstić information content (AvgIpc) is 2.74. The molecule has 1 saturated heterocycles. The minimum atomic E-state index is -0.308. The van der Waals surface area contributed by atoms with Gasteiger partial charge in [0.05, 0.1) is 18.8 Å². The third-order valence-electron chi connectivity index (χ3n) is 4.55. The number of morpholine rings is 1. The van der Waals surface area contributed by atoms with Crippen LogP contribution in [0.4, 0.5) is 16.3 Å². The second kappa shape index (κ2) is 7.85. The lowest BCUT2D eigenvalue weighted by Gasteiger charge is -2.33. The summed E-state index contributed by atoms with van der Waals surface area (Å²) in [5, 5.41) is 0. The Hall–Kier alpha value is -3.13. The van der Waals surface area contributed by atoms with Crippen molar-refractivity contribution in [3.05, 3.63) is 60.4 Å². The van der Waals surface area contributed by atoms with Crippen molar-refractivity contribution in [1.82, 2.24) is 19.9 Å². The van der Waals surface area contributed by atoms with Crippen LogP contribution in [0.1, 0.15) is 11.8 Å². The maximum atomic E-state index is 13.8. The fourth-order valence-corrected chi connectivity index (χ4v) is 3.18. The van der Waals surface area contributed by atoms with Crippen molar-refractivity contribution in [2.45, 2.75) is 6.10 Å². The van der Waals surface area contributed by atoms with Crippen molar-refractivity contribution in [3.8, 4) is 11.1 Å². The van der Waals surface area contributed by atoms with Gasteiger partial charge in [0, 0.05) is 44.8 Å². The molecular weight excluding hydrogens is 359 g/mol. The van der Waals surface area contributed by atoms with Gasteiger partial charge in [0.25, 0.3) is 0 Å². The van der Waals surface area contributed by atoms with E-state index in [1.54, 1.807) is 30.7 Å². The van der Waals surface area contributed by atoms with E-state index in [0.717, 1.165) is 16.8 Å². The van der Waals surface area contributed by atoms with Gasteiger partial charge in [-0.05, 0) is 23.8 Å². The van der Waals surface area contributed by atoms with Crippen LogP contribution < -0.4 is 9.80 Å². The van der Waals surface area contributed by atoms with Crippen molar-refractivity contribution in [1.29, 1.82) is 0 Å². The number of aromatic nitrogens is 4. The fourth-order valence-electron chi connectivity index (χ4n) is 3.18. The van der Waals surface area contributed by atoms with E-state index in [1.807, 2.05) is 25.1 Å². The van der Waals surface area contributed by atoms with Crippen molar-refractivity contribution < 1.29 is 9.13 Å². The molecule has 0 bridgehead atoms. The summed E-state index contributed by atoms with van der Waals surface area (Å²) in [6.45, 7) is 1.77. The highest BCUT2D eigenvalue weighted by atomic mass is 19.1. The lowest BCUT2D eigenvalue weighted by molar-refractivity contribution is 0.0368. The molecule has 144 valence electrons. The molecular formula is C20H21FN6O. The number of benzene rings is 1. The van der Waals surface area contributed by atoms with Crippen LogP contribution >= 0.6 is 0 Å². The van der Waals surface area contributed by atoms with Gasteiger partial charge in [-0.15, -0.1) is 0 Å². The molecule has 0 aliphatic carbocycles. The first-order chi connectivity index (χ1) is 13.6. The van der Waals surface area contributed by atoms with Crippen LogP contribution in [0.2, 0.25) is 0 Å². The highest BCUT2D eigenvalue weighted by molar-refractivity contribution is 5.66. The van der Waals surface area contributed by atoms with Crippen LogP contribution in [0.15, 0.2) is 48.9 Å². The molecule has 7 nitrogen and oxygen atoms in total. The molecule has 0 amide bonds. The monoisotopic (exact) mass is 380 g/mol. The number of nitrogens with zero attached hydrogens (tertiary/aromatic N) is 6. The zero-order valence-corrected chi connectivity index (χ0v) is 15.8. The fraction of sp³-hybridized carbons (Fsp3) is 0.300. The third kappa shape index (κ3) is 3.77. The first-order valence-corrected chi connectivity index (χ1v) is 9.05. The highest BCUT2D eigenvalue weighted by Gasteiger charge is 2.28. The second-order valence-electron chi connectivity index (χ2n) is 6.73. The summed E-state index contributed by atoms with van der Waals surface area (Å²) in [5.41, 5.74) is 2.20. The molecule has 0 saturated carbocycles. The number of anilines is 2. The van der Waals surface area contributed by atoms with Gasteiger partial charge in [0.1, 0.15) is 11.9 Å². The summed E-state index contributed by atoms with van der Waals surface area (Å²) < 4.78 is 19.9. The number of hydrogen-bond acceptors (Lipinski definition) is 7. The Morgan fingerprint density at radius 3 is 2.71 bits per heavy atom. The lowest BCUT2D eigenvalue weighted by Crippen LogP contribution is -2.39. The van der Waals surface area contributed by atoms with E-state index in [4.69, 9.17) is 9.72 Å². The van der Waals surface area contributed by atoms with Crippen LogP contribution in [-0.4, -0.2) is 53.7 Å². The predicted molar refractivity (Wildman–Crippen MR) is 105 cm³/mol. The van der Waals surface area contributed by atoms with Gasteiger partial charge in [0.15, 0.2) is 0 Å². The Morgan fingerprint density at radius 1 is 1.14 bits per heavy atom. The van der Waals surface area contributed by atoms with Gasteiger partial charge in [-0.25, -0.2) is 24.3 Å². The summed E-state index contributed by atoms with van der Waals surface area (Å²) in [6.07, 6.45) is 4.87. The molecule has 3 aromatic rings. The van der Waals surface area contributed by atoms with Crippen molar-refractivity contribution in [2.75, 3.05) is 43.6 Å². The Labute approximate surface area is 162 Å². The molecule has 1 aliphatic rings. The minimum absolute atomic E-state index is 0.302. The van der Waals surface area contributed by atoms with E-state index < -0.39 is 0 Å². The van der Waals surface area contributed by atoms with Gasteiger partial charge in [0.2, 0.25) is 11.9 Å². The zero-order valence-electron chi connectivity index (χ0n) is 15.8. The largest absolute Gasteiger partial charge is 0.368 e. The van der Waals surface area contributed by atoms with Crippen LogP contribution in [0.25, 0.3) is 11.1 Å². The number of halogens is 1. The number of ether oxygens (including phenoxy) is 1. The van der Waals surface area contributed by atoms with Gasteiger partial charge >= 0.3 is 0 Å². The van der Waals surface area contributed by atoms with Gasteiger partial charge in [-0.1, -0.05) is 12.1 Å². The summed E-state index contributed by atoms with van der Waals surface area (Å²) >= 11 is 0. The molecule has 2 aromatic heterocycles. The highest BCUT2D eigenvalue weighted by Crippen LogP contribution is 2.32. The smallest absolute Gasteiger partial charge is 0.225 e. The summed E-state index contributed by atoms with van der Waals surface area (Å²) in [4.78, 5) is 21.7. The van der Waals surface area contributed by atoms with E-state index in [2.05, 4.69) is 19.9 Å². The summed E-state index contributed by atoms with van der Waals surface area (Å²) in [5.74, 6) is 0.931. The molecule has 1 atom stereocenters. The first-order valence-electron chi connectivity index (χ1n) is 9.05. The first kappa shape index (κ1) is 18.2. The van der Waals surface area contributed by atoms with E-state index in [-0.39, 0.29) is 11.9 Å². The standard InChI is InChI=1S/C20H21FN6O/c1-26(2)20-24-12-16(14-5-3-6-15(21)11-14)18(25-20)17-13-27(9-10-28-17)19-22-7-4-8-23-19/h3-8,11-12,17H,9-10,13H2,1-2H3/t17-/m0/s1. The Balaban J connectivity index is 1.73. The Kier molecular flexibility index (Phi) is 5.12. The topological polar surface area (TPSA) is 67.3 Å². The SMILES string of the molecule is CN(C)c1ncc(-c2cccc(F)c2)c([C@@H]2CN(c3ncccn3)CCO2)n1. The van der Waals surface area contributed by atoms with Crippen molar-refractivity contribution in [3.63, 3.8) is 0 Å². The number of rotatable bonds is 4. The molecule has 4 rings (SSSR count). The molecule has 1 fully saturated rings. The predicted octanol–water partition coefficient (Wildman–Crippen LogP) is 2.72. The van der Waals surface area contributed by atoms with Gasteiger partial charge < -0.3 is 14.5 Å². The lowest BCUT2D eigenvalue weighted by atomic mass is 10.0. The quantitative estimate of drug-likeness (QED) is 0.689. The molecule has 8 heteroatoms. The normalized spacial score (nSPS) is 16.8. The van der Waals surface area contributed by atoms with E-state index in [0.29, 0.717) is 31.6 Å². The maximum Gasteiger partial charge on any atom is 0.225 e. The molecule has 0 N–H and O–H groups in total. The van der Waals surface area contributed by atoms with Crippen molar-refractivity contribution >= 4 is 11.9 Å². The van der Waals surface area contributed by atoms with Crippen LogP contribution in [0.3, 0.4) is 0 Å². The molecule has 0 radical (unpaired) electrons. The summed E-state index contributed by atoms with van der Waals surface area (Å²) in [6, 6.07) is 8.22. The zero-order chi connectivity index (χ0) is 19.5. The third-order valence-corrected chi connectivity index (χ3v) is 4.55. The number of hydrogen-bond donors (Lipinski definition) is 0. The molecule has 0 unspecified atom stereocenters. The average molecular weight is 380 g/mol. The Morgan fingerprint density at radius 2 is 1.96 bits per heavy atom. The van der Waals surface area contributed by atoms with E-state index in [1.165, 1.54) is 12.1 Å². The van der Waals surface area contributed by atoms with Gasteiger partial charge in [-0.2, -0.15) is 0 Å². The Bertz CT molecular complexity index is 952. The van der Waals surface area contributed by atoms with Crippen molar-refractivity contribution in [2.24, 2.45) is 0 Å².